The molecule has 2 aromatic rings. The fourth-order valence-electron chi connectivity index (χ4n) is 3.48. The lowest BCUT2D eigenvalue weighted by atomic mass is 10.2. The second kappa shape index (κ2) is 20.0. The number of aryl methyl sites for hydroxylation is 2. The van der Waals surface area contributed by atoms with Gasteiger partial charge >= 0.3 is 17.5 Å². The molecule has 17 heteroatoms. The molecule has 0 atom stereocenters. The second-order valence-corrected chi connectivity index (χ2v) is 13.3. The van der Waals surface area contributed by atoms with Gasteiger partial charge in [0, 0.05) is 33.9 Å². The van der Waals surface area contributed by atoms with E-state index in [1.54, 1.807) is 13.8 Å². The van der Waals surface area contributed by atoms with Crippen LogP contribution in [0.2, 0.25) is 0 Å². The molecule has 0 saturated carbocycles. The van der Waals surface area contributed by atoms with Gasteiger partial charge < -0.3 is 5.32 Å². The van der Waals surface area contributed by atoms with E-state index in [4.69, 9.17) is 0 Å². The maximum atomic E-state index is 13.9. The number of aliphatic imine (C=N–C) groups is 1. The van der Waals surface area contributed by atoms with Crippen molar-refractivity contribution in [3.05, 3.63) is 47.0 Å². The average Bonchev–Trinajstić information content (AvgIpc) is 2.91. The molecule has 0 saturated heterocycles. The van der Waals surface area contributed by atoms with Gasteiger partial charge in [-0.2, -0.15) is 26.3 Å². The molecule has 0 amide bonds. The summed E-state index contributed by atoms with van der Waals surface area (Å²) in [6.45, 7) is 4.68. The van der Waals surface area contributed by atoms with Gasteiger partial charge in [-0.3, -0.25) is 9.98 Å². The van der Waals surface area contributed by atoms with Crippen LogP contribution < -0.4 is 15.6 Å². The van der Waals surface area contributed by atoms with E-state index >= 15 is 0 Å². The maximum absolute atomic E-state index is 13.9. The van der Waals surface area contributed by atoms with Crippen LogP contribution >= 0.6 is 59.5 Å². The summed E-state index contributed by atoms with van der Waals surface area (Å²) in [4.78, 5) is 8.16. The minimum Gasteiger partial charge on any atom is -0.333 e. The van der Waals surface area contributed by atoms with Gasteiger partial charge in [0.15, 0.2) is 16.7 Å². The van der Waals surface area contributed by atoms with Crippen LogP contribution in [0.5, 0.6) is 0 Å². The highest BCUT2D eigenvalue weighted by Crippen LogP contribution is 2.34. The third kappa shape index (κ3) is 15.8. The van der Waals surface area contributed by atoms with Crippen molar-refractivity contribution in [1.82, 2.24) is 0 Å². The first-order valence-corrected chi connectivity index (χ1v) is 16.6. The Bertz CT molecular complexity index is 1190. The number of thioether (sulfide) groups is 4. The van der Waals surface area contributed by atoms with Crippen LogP contribution in [0, 0.1) is 25.5 Å². The Morgan fingerprint density at radius 2 is 1.27 bits per heavy atom. The Morgan fingerprint density at radius 1 is 0.778 bits per heavy atom. The molecule has 0 radical (unpaired) electrons. The van der Waals surface area contributed by atoms with Gasteiger partial charge in [0.2, 0.25) is 0 Å². The van der Waals surface area contributed by atoms with Crippen LogP contribution in [0.25, 0.3) is 0 Å². The Hall–Kier alpha value is -1.49. The quantitative estimate of drug-likeness (QED) is 0.203. The molecule has 0 aliphatic carbocycles. The van der Waals surface area contributed by atoms with E-state index in [-0.39, 0.29) is 38.6 Å². The maximum Gasteiger partial charge on any atom is 0.398 e. The zero-order valence-electron chi connectivity index (χ0n) is 23.0. The number of anilines is 2. The van der Waals surface area contributed by atoms with Gasteiger partial charge in [-0.05, 0) is 67.8 Å². The molecular weight excluding hydrogens is 708 g/mol. The highest BCUT2D eigenvalue weighted by atomic mass is 35.5. The Morgan fingerprint density at radius 3 is 1.69 bits per heavy atom. The third-order valence-electron chi connectivity index (χ3n) is 5.45. The molecule has 0 bridgehead atoms. The number of halogens is 9. The Labute approximate surface area is 282 Å². The molecule has 2 aromatic carbocycles. The van der Waals surface area contributed by atoms with Crippen LogP contribution in [-0.2, 0) is 0 Å². The molecule has 0 fully saturated rings. The van der Waals surface area contributed by atoms with Gasteiger partial charge in [0.1, 0.15) is 5.82 Å². The molecular formula is C28H38ClF8N4S4+. The Balaban J connectivity index is 0.000000807. The van der Waals surface area contributed by atoms with Crippen molar-refractivity contribution in [1.29, 1.82) is 0 Å². The predicted molar refractivity (Wildman–Crippen MR) is 181 cm³/mol. The third-order valence-corrected chi connectivity index (χ3v) is 9.92. The number of hydrogen-bond donors (Lipinski definition) is 3. The van der Waals surface area contributed by atoms with Crippen LogP contribution in [0.3, 0.4) is 0 Å². The summed E-state index contributed by atoms with van der Waals surface area (Å²) in [5, 5.41) is 7.11. The zero-order valence-corrected chi connectivity index (χ0v) is 27.1. The minimum absolute atomic E-state index is 0. The van der Waals surface area contributed by atoms with E-state index in [9.17, 15) is 35.1 Å². The van der Waals surface area contributed by atoms with E-state index in [2.05, 4.69) is 20.6 Å². The van der Waals surface area contributed by atoms with Gasteiger partial charge in [0.25, 0.3) is 0 Å². The summed E-state index contributed by atoms with van der Waals surface area (Å²) >= 11 is 4.35. The molecule has 4 rings (SSSR count). The van der Waals surface area contributed by atoms with Crippen LogP contribution in [0.15, 0.2) is 39.0 Å². The van der Waals surface area contributed by atoms with Crippen LogP contribution in [0.4, 0.5) is 46.5 Å². The summed E-state index contributed by atoms with van der Waals surface area (Å²) in [7, 11) is 0. The number of nitrogens with zero attached hydrogens (tertiary/aromatic N) is 1. The molecule has 2 aliphatic heterocycles. The fourth-order valence-corrected chi connectivity index (χ4v) is 6.80. The Kier molecular flexibility index (Phi) is 19.3. The van der Waals surface area contributed by atoms with Crippen molar-refractivity contribution in [3.8, 4) is 0 Å². The number of benzene rings is 2. The van der Waals surface area contributed by atoms with Gasteiger partial charge in [-0.25, -0.2) is 14.1 Å². The molecule has 2 heterocycles. The SMILES string of the molecule is C.C.Cc1cc(F)c(NC2=NCCCS2)cc1SCC(F)(F)F.Cc1cc(F)c(NC2=[NH+]CCCS2)cc1SCC(F)(F)F.Cl. The first-order valence-electron chi connectivity index (χ1n) is 12.6. The van der Waals surface area contributed by atoms with Crippen molar-refractivity contribution in [2.45, 2.75) is 63.7 Å². The second-order valence-electron chi connectivity index (χ2n) is 9.10. The van der Waals surface area contributed by atoms with Crippen molar-refractivity contribution in [2.75, 3.05) is 46.7 Å². The molecule has 2 aliphatic rings. The summed E-state index contributed by atoms with van der Waals surface area (Å²) in [5.74, 6) is -1.10. The molecule has 45 heavy (non-hydrogen) atoms. The lowest BCUT2D eigenvalue weighted by molar-refractivity contribution is -0.454. The van der Waals surface area contributed by atoms with Crippen molar-refractivity contribution >= 4 is 81.2 Å². The van der Waals surface area contributed by atoms with Crippen LogP contribution in [-0.4, -0.2) is 58.8 Å². The van der Waals surface area contributed by atoms with E-state index in [1.165, 1.54) is 47.8 Å². The topological polar surface area (TPSA) is 50.4 Å². The first-order chi connectivity index (χ1) is 19.7. The fraction of sp³-hybridized carbons (Fsp3) is 0.500. The van der Waals surface area contributed by atoms with E-state index in [0.717, 1.165) is 36.1 Å². The number of rotatable bonds is 6. The monoisotopic (exact) mass is 745 g/mol. The van der Waals surface area contributed by atoms with Crippen LogP contribution in [0.1, 0.15) is 38.8 Å². The van der Waals surface area contributed by atoms with Gasteiger partial charge in [-0.1, -0.05) is 26.6 Å². The predicted octanol–water partition coefficient (Wildman–Crippen LogP) is 9.16. The summed E-state index contributed by atoms with van der Waals surface area (Å²) in [6.07, 6.45) is -6.49. The zero-order chi connectivity index (χ0) is 30.9. The summed E-state index contributed by atoms with van der Waals surface area (Å²) in [5.41, 5.74) is 1.35. The minimum atomic E-state index is -4.25. The molecule has 3 N–H and O–H groups in total. The molecule has 0 unspecified atom stereocenters. The number of alkyl halides is 6. The molecule has 256 valence electrons. The smallest absolute Gasteiger partial charge is 0.333 e. The lowest BCUT2D eigenvalue weighted by Gasteiger charge is -2.16. The highest BCUT2D eigenvalue weighted by molar-refractivity contribution is 8.14. The summed E-state index contributed by atoms with van der Waals surface area (Å²) < 4.78 is 102. The molecule has 0 aromatic heterocycles. The lowest BCUT2D eigenvalue weighted by Crippen LogP contribution is -2.75. The largest absolute Gasteiger partial charge is 0.398 e. The highest BCUT2D eigenvalue weighted by Gasteiger charge is 2.29. The number of nitrogens with one attached hydrogen (secondary N) is 3. The van der Waals surface area contributed by atoms with Crippen molar-refractivity contribution in [2.24, 2.45) is 4.99 Å². The standard InChI is InChI=1S/2C13H14F4N2S2.2CH4.ClH/c2*1-8-5-9(14)10(19-12-18-3-2-4-20-12)6-11(8)21-7-13(15,16)17;;;/h2*5-6H,2-4,7H2,1H3,(H,18,19);2*1H4;1H/p+1. The molecule has 0 spiro atoms. The van der Waals surface area contributed by atoms with Gasteiger partial charge in [-0.15, -0.1) is 35.9 Å². The van der Waals surface area contributed by atoms with E-state index in [1.807, 2.05) is 0 Å². The first kappa shape index (κ1) is 43.5. The van der Waals surface area contributed by atoms with E-state index in [0.29, 0.717) is 56.2 Å². The normalized spacial score (nSPS) is 14.7. The number of hydrogen-bond acceptors (Lipinski definition) is 7. The summed E-state index contributed by atoms with van der Waals surface area (Å²) in [6, 6.07) is 5.36. The van der Waals surface area contributed by atoms with Crippen molar-refractivity contribution in [3.63, 3.8) is 0 Å². The van der Waals surface area contributed by atoms with Crippen molar-refractivity contribution < 1.29 is 40.1 Å². The average molecular weight is 746 g/mol. The molecule has 4 nitrogen and oxygen atoms in total. The van der Waals surface area contributed by atoms with E-state index < -0.39 is 35.5 Å². The number of amidine groups is 2. The van der Waals surface area contributed by atoms with Gasteiger partial charge in [0.05, 0.1) is 23.7 Å².